The minimum atomic E-state index is -0.146. The summed E-state index contributed by atoms with van der Waals surface area (Å²) in [4.78, 5) is 21.6. The Morgan fingerprint density at radius 3 is 2.90 bits per heavy atom. The Hall–Kier alpha value is -1.76. The number of thiophene rings is 1. The predicted octanol–water partition coefficient (Wildman–Crippen LogP) is 4.10. The van der Waals surface area contributed by atoms with Gasteiger partial charge >= 0.3 is 0 Å². The summed E-state index contributed by atoms with van der Waals surface area (Å²) in [6.07, 6.45) is 1.72. The number of hydrogen-bond acceptors (Lipinski definition) is 5. The molecule has 0 aromatic carbocycles. The fourth-order valence-electron chi connectivity index (χ4n) is 1.70. The van der Waals surface area contributed by atoms with Gasteiger partial charge in [-0.3, -0.25) is 4.79 Å². The number of halogens is 1. The van der Waals surface area contributed by atoms with E-state index in [4.69, 9.17) is 11.6 Å². The van der Waals surface area contributed by atoms with Gasteiger partial charge in [0.1, 0.15) is 10.8 Å². The number of hydrogen-bond donors (Lipinski definition) is 1. The van der Waals surface area contributed by atoms with Crippen LogP contribution in [-0.2, 0) is 11.2 Å². The van der Waals surface area contributed by atoms with E-state index in [0.717, 1.165) is 15.6 Å². The molecular weight excluding hydrogens is 326 g/mol. The van der Waals surface area contributed by atoms with Crippen LogP contribution in [0.1, 0.15) is 5.69 Å². The van der Waals surface area contributed by atoms with Crippen LogP contribution in [0.2, 0.25) is 5.02 Å². The quantitative estimate of drug-likeness (QED) is 0.781. The lowest BCUT2D eigenvalue weighted by atomic mass is 10.3. The second-order valence-electron chi connectivity index (χ2n) is 4.21. The van der Waals surface area contributed by atoms with Crippen LogP contribution < -0.4 is 5.32 Å². The normalized spacial score (nSPS) is 10.5. The standard InChI is InChI=1S/C14H10ClN3OS2/c15-9-3-4-12(16-7-9)18-13(19)6-10-8-21-14(17-10)11-2-1-5-20-11/h1-5,7-8H,6H2,(H,16,18,19). The van der Waals surface area contributed by atoms with Gasteiger partial charge < -0.3 is 5.32 Å². The molecule has 0 fully saturated rings. The number of carbonyl (C=O) groups excluding carboxylic acids is 1. The Morgan fingerprint density at radius 2 is 2.19 bits per heavy atom. The smallest absolute Gasteiger partial charge is 0.231 e. The molecule has 0 bridgehead atoms. The second-order valence-corrected chi connectivity index (χ2v) is 6.45. The Balaban J connectivity index is 1.64. The number of rotatable bonds is 4. The molecule has 0 spiro atoms. The molecular formula is C14H10ClN3OS2. The molecule has 106 valence electrons. The number of pyridine rings is 1. The molecule has 0 aliphatic rings. The van der Waals surface area contributed by atoms with Gasteiger partial charge in [-0.1, -0.05) is 17.7 Å². The van der Waals surface area contributed by atoms with E-state index < -0.39 is 0 Å². The number of anilines is 1. The average molecular weight is 336 g/mol. The number of nitrogens with one attached hydrogen (secondary N) is 1. The molecule has 3 aromatic heterocycles. The van der Waals surface area contributed by atoms with Crippen LogP contribution >= 0.6 is 34.3 Å². The highest BCUT2D eigenvalue weighted by molar-refractivity contribution is 7.20. The average Bonchev–Trinajstić information content (AvgIpc) is 3.12. The first kappa shape index (κ1) is 14.2. The Kier molecular flexibility index (Phi) is 4.28. The van der Waals surface area contributed by atoms with Crippen LogP contribution in [0.15, 0.2) is 41.2 Å². The third kappa shape index (κ3) is 3.66. The van der Waals surface area contributed by atoms with E-state index in [1.165, 1.54) is 6.20 Å². The van der Waals surface area contributed by atoms with E-state index in [1.807, 2.05) is 22.9 Å². The first-order valence-electron chi connectivity index (χ1n) is 6.10. The van der Waals surface area contributed by atoms with E-state index in [-0.39, 0.29) is 12.3 Å². The third-order valence-electron chi connectivity index (χ3n) is 2.62. The number of aromatic nitrogens is 2. The van der Waals surface area contributed by atoms with E-state index in [2.05, 4.69) is 15.3 Å². The van der Waals surface area contributed by atoms with Gasteiger partial charge in [0, 0.05) is 11.6 Å². The number of carbonyl (C=O) groups is 1. The van der Waals surface area contributed by atoms with Crippen molar-refractivity contribution in [3.63, 3.8) is 0 Å². The number of amides is 1. The highest BCUT2D eigenvalue weighted by atomic mass is 35.5. The van der Waals surface area contributed by atoms with Crippen LogP contribution in [0.5, 0.6) is 0 Å². The van der Waals surface area contributed by atoms with Crippen LogP contribution in [0.4, 0.5) is 5.82 Å². The van der Waals surface area contributed by atoms with Crippen molar-refractivity contribution in [1.29, 1.82) is 0 Å². The zero-order valence-corrected chi connectivity index (χ0v) is 13.1. The molecule has 0 aliphatic heterocycles. The lowest BCUT2D eigenvalue weighted by molar-refractivity contribution is -0.115. The molecule has 4 nitrogen and oxygen atoms in total. The largest absolute Gasteiger partial charge is 0.310 e. The molecule has 3 aromatic rings. The second kappa shape index (κ2) is 6.34. The van der Waals surface area contributed by atoms with Crippen LogP contribution in [-0.4, -0.2) is 15.9 Å². The van der Waals surface area contributed by atoms with E-state index in [0.29, 0.717) is 10.8 Å². The molecule has 3 heterocycles. The van der Waals surface area contributed by atoms with Crippen molar-refractivity contribution in [2.45, 2.75) is 6.42 Å². The van der Waals surface area contributed by atoms with Gasteiger partial charge in [-0.05, 0) is 23.6 Å². The molecule has 1 N–H and O–H groups in total. The van der Waals surface area contributed by atoms with Crippen molar-refractivity contribution in [1.82, 2.24) is 9.97 Å². The molecule has 0 saturated carbocycles. The minimum absolute atomic E-state index is 0.146. The topological polar surface area (TPSA) is 54.9 Å². The van der Waals surface area contributed by atoms with Crippen molar-refractivity contribution in [2.75, 3.05) is 5.32 Å². The molecule has 0 saturated heterocycles. The number of nitrogens with zero attached hydrogens (tertiary/aromatic N) is 2. The molecule has 21 heavy (non-hydrogen) atoms. The maximum atomic E-state index is 11.9. The van der Waals surface area contributed by atoms with Crippen molar-refractivity contribution in [2.24, 2.45) is 0 Å². The molecule has 1 amide bonds. The summed E-state index contributed by atoms with van der Waals surface area (Å²) >= 11 is 8.93. The van der Waals surface area contributed by atoms with Gasteiger partial charge in [-0.15, -0.1) is 22.7 Å². The summed E-state index contributed by atoms with van der Waals surface area (Å²) in [6.45, 7) is 0. The van der Waals surface area contributed by atoms with Gasteiger partial charge in [0.05, 0.1) is 22.0 Å². The molecule has 0 atom stereocenters. The van der Waals surface area contributed by atoms with Crippen LogP contribution in [0.3, 0.4) is 0 Å². The Morgan fingerprint density at radius 1 is 1.29 bits per heavy atom. The highest BCUT2D eigenvalue weighted by Crippen LogP contribution is 2.27. The third-order valence-corrected chi connectivity index (χ3v) is 4.77. The van der Waals surface area contributed by atoms with Crippen LogP contribution in [0, 0.1) is 0 Å². The lowest BCUT2D eigenvalue weighted by Crippen LogP contribution is -2.15. The molecule has 7 heteroatoms. The molecule has 3 rings (SSSR count). The van der Waals surface area contributed by atoms with Crippen molar-refractivity contribution in [3.05, 3.63) is 51.9 Å². The summed E-state index contributed by atoms with van der Waals surface area (Å²) in [5.41, 5.74) is 0.759. The zero-order chi connectivity index (χ0) is 14.7. The Labute approximate surface area is 134 Å². The highest BCUT2D eigenvalue weighted by Gasteiger charge is 2.10. The van der Waals surface area contributed by atoms with Crippen LogP contribution in [0.25, 0.3) is 9.88 Å². The Bertz CT molecular complexity index is 738. The SMILES string of the molecule is O=C(Cc1csc(-c2cccs2)n1)Nc1ccc(Cl)cn1. The fraction of sp³-hybridized carbons (Fsp3) is 0.0714. The lowest BCUT2D eigenvalue weighted by Gasteiger charge is -2.02. The molecule has 0 radical (unpaired) electrons. The summed E-state index contributed by atoms with van der Waals surface area (Å²) in [5, 5.41) is 8.11. The number of thiazole rings is 1. The monoisotopic (exact) mass is 335 g/mol. The van der Waals surface area contributed by atoms with E-state index >= 15 is 0 Å². The van der Waals surface area contributed by atoms with Gasteiger partial charge in [0.2, 0.25) is 5.91 Å². The summed E-state index contributed by atoms with van der Waals surface area (Å²) in [7, 11) is 0. The fourth-order valence-corrected chi connectivity index (χ4v) is 3.45. The maximum Gasteiger partial charge on any atom is 0.231 e. The van der Waals surface area contributed by atoms with Gasteiger partial charge in [-0.2, -0.15) is 0 Å². The molecule has 0 unspecified atom stereocenters. The summed E-state index contributed by atoms with van der Waals surface area (Å²) < 4.78 is 0. The summed E-state index contributed by atoms with van der Waals surface area (Å²) in [6, 6.07) is 7.35. The summed E-state index contributed by atoms with van der Waals surface area (Å²) in [5.74, 6) is 0.339. The van der Waals surface area contributed by atoms with Crippen molar-refractivity contribution >= 4 is 46.0 Å². The van der Waals surface area contributed by atoms with E-state index in [9.17, 15) is 4.79 Å². The van der Waals surface area contributed by atoms with Gasteiger partial charge in [0.25, 0.3) is 0 Å². The minimum Gasteiger partial charge on any atom is -0.310 e. The van der Waals surface area contributed by atoms with Gasteiger partial charge in [0.15, 0.2) is 0 Å². The van der Waals surface area contributed by atoms with Crippen molar-refractivity contribution in [3.8, 4) is 9.88 Å². The maximum absolute atomic E-state index is 11.9. The predicted molar refractivity (Wildman–Crippen MR) is 87.0 cm³/mol. The van der Waals surface area contributed by atoms with Crippen molar-refractivity contribution < 1.29 is 4.79 Å². The zero-order valence-electron chi connectivity index (χ0n) is 10.7. The first-order chi connectivity index (χ1) is 10.2. The van der Waals surface area contributed by atoms with E-state index in [1.54, 1.807) is 34.8 Å². The first-order valence-corrected chi connectivity index (χ1v) is 8.24. The van der Waals surface area contributed by atoms with Gasteiger partial charge in [-0.25, -0.2) is 9.97 Å². The molecule has 0 aliphatic carbocycles.